The molecule has 1 aliphatic rings. The molecule has 0 atom stereocenters. The molecule has 0 unspecified atom stereocenters. The normalized spacial score (nSPS) is 14.8. The molecule has 0 bridgehead atoms. The van der Waals surface area contributed by atoms with Crippen LogP contribution in [0.1, 0.15) is 31.2 Å². The van der Waals surface area contributed by atoms with Crippen LogP contribution in [0.25, 0.3) is 5.57 Å². The molecule has 3 rings (SSSR count). The van der Waals surface area contributed by atoms with Crippen molar-refractivity contribution in [1.29, 1.82) is 0 Å². The smallest absolute Gasteiger partial charge is 0.247 e. The average Bonchev–Trinajstić information content (AvgIpc) is 3.28. The van der Waals surface area contributed by atoms with Gasteiger partial charge in [0.05, 0.1) is 6.54 Å². The lowest BCUT2D eigenvalue weighted by Crippen LogP contribution is -2.32. The third-order valence-corrected chi connectivity index (χ3v) is 4.14. The van der Waals surface area contributed by atoms with E-state index >= 15 is 0 Å². The van der Waals surface area contributed by atoms with Crippen LogP contribution >= 0.6 is 0 Å². The number of rotatable bonds is 5. The van der Waals surface area contributed by atoms with Crippen molar-refractivity contribution in [2.45, 2.75) is 32.4 Å². The molecule has 120 valence electrons. The molecular weight excluding hydrogens is 293 g/mol. The highest BCUT2D eigenvalue weighted by Gasteiger charge is 2.32. The summed E-state index contributed by atoms with van der Waals surface area (Å²) in [4.78, 5) is 18.8. The van der Waals surface area contributed by atoms with Gasteiger partial charge in [0.1, 0.15) is 11.6 Å². The lowest BCUT2D eigenvalue weighted by atomic mass is 10.1. The number of carbonyl (C=O) groups excluding carboxylic acids is 1. The number of hydrogen-bond donors (Lipinski definition) is 0. The van der Waals surface area contributed by atoms with Gasteiger partial charge in [0.2, 0.25) is 5.91 Å². The van der Waals surface area contributed by atoms with Gasteiger partial charge in [-0.1, -0.05) is 12.1 Å². The van der Waals surface area contributed by atoms with Gasteiger partial charge < -0.3 is 9.47 Å². The number of imidazole rings is 1. The molecule has 0 aliphatic heterocycles. The Morgan fingerprint density at radius 1 is 1.39 bits per heavy atom. The average molecular weight is 313 g/mol. The molecular formula is C18H20FN3O. The highest BCUT2D eigenvalue weighted by atomic mass is 19.1. The number of halogens is 1. The highest BCUT2D eigenvalue weighted by Crippen LogP contribution is 2.29. The first-order chi connectivity index (χ1) is 11.0. The Bertz CT molecular complexity index is 729. The summed E-state index contributed by atoms with van der Waals surface area (Å²) in [6.45, 7) is 2.39. The number of benzene rings is 1. The van der Waals surface area contributed by atoms with Gasteiger partial charge in [0.25, 0.3) is 0 Å². The molecule has 1 fully saturated rings. The van der Waals surface area contributed by atoms with E-state index in [-0.39, 0.29) is 11.7 Å². The van der Waals surface area contributed by atoms with Crippen molar-refractivity contribution in [2.24, 2.45) is 7.05 Å². The molecule has 1 heterocycles. The van der Waals surface area contributed by atoms with Crippen LogP contribution in [0.4, 0.5) is 4.39 Å². The first kappa shape index (κ1) is 15.5. The minimum absolute atomic E-state index is 0.0164. The molecule has 0 radical (unpaired) electrons. The molecule has 5 heteroatoms. The molecule has 1 amide bonds. The molecule has 1 saturated carbocycles. The van der Waals surface area contributed by atoms with Crippen LogP contribution in [0.2, 0.25) is 0 Å². The van der Waals surface area contributed by atoms with Crippen LogP contribution in [-0.2, 0) is 18.4 Å². The quantitative estimate of drug-likeness (QED) is 0.795. The minimum atomic E-state index is -0.276. The summed E-state index contributed by atoms with van der Waals surface area (Å²) < 4.78 is 14.9. The maximum atomic E-state index is 13.0. The number of nitrogens with zero attached hydrogens (tertiary/aromatic N) is 3. The zero-order valence-electron chi connectivity index (χ0n) is 13.4. The van der Waals surface area contributed by atoms with Gasteiger partial charge in [0.15, 0.2) is 0 Å². The molecule has 0 N–H and O–H groups in total. The van der Waals surface area contributed by atoms with E-state index in [9.17, 15) is 9.18 Å². The summed E-state index contributed by atoms with van der Waals surface area (Å²) in [7, 11) is 1.93. The Labute approximate surface area is 135 Å². The molecule has 23 heavy (non-hydrogen) atoms. The molecule has 2 aromatic rings. The van der Waals surface area contributed by atoms with Crippen LogP contribution in [0.5, 0.6) is 0 Å². The van der Waals surface area contributed by atoms with Crippen LogP contribution < -0.4 is 0 Å². The number of aromatic nitrogens is 2. The van der Waals surface area contributed by atoms with Crippen molar-refractivity contribution in [2.75, 3.05) is 0 Å². The Hall–Kier alpha value is -2.43. The van der Waals surface area contributed by atoms with Crippen LogP contribution in [0.15, 0.2) is 42.7 Å². The maximum Gasteiger partial charge on any atom is 0.247 e. The van der Waals surface area contributed by atoms with Crippen LogP contribution in [0, 0.1) is 5.82 Å². The Kier molecular flexibility index (Phi) is 4.28. The predicted molar refractivity (Wildman–Crippen MR) is 86.8 cm³/mol. The van der Waals surface area contributed by atoms with Crippen LogP contribution in [-0.4, -0.2) is 26.4 Å². The number of aryl methyl sites for hydroxylation is 1. The van der Waals surface area contributed by atoms with Gasteiger partial charge in [-0.2, -0.15) is 0 Å². The Balaban J connectivity index is 1.77. The van der Waals surface area contributed by atoms with Crippen molar-refractivity contribution in [3.8, 4) is 0 Å². The van der Waals surface area contributed by atoms with E-state index in [0.717, 1.165) is 29.8 Å². The van der Waals surface area contributed by atoms with Gasteiger partial charge in [-0.15, -0.1) is 0 Å². The second kappa shape index (κ2) is 6.36. The van der Waals surface area contributed by atoms with E-state index in [0.29, 0.717) is 12.6 Å². The van der Waals surface area contributed by atoms with Crippen molar-refractivity contribution in [3.63, 3.8) is 0 Å². The summed E-state index contributed by atoms with van der Waals surface area (Å²) in [6.07, 6.45) is 7.34. The van der Waals surface area contributed by atoms with Crippen molar-refractivity contribution < 1.29 is 9.18 Å². The fourth-order valence-corrected chi connectivity index (χ4v) is 2.54. The number of hydrogen-bond acceptors (Lipinski definition) is 2. The van der Waals surface area contributed by atoms with Crippen molar-refractivity contribution >= 4 is 11.5 Å². The van der Waals surface area contributed by atoms with Crippen molar-refractivity contribution in [3.05, 3.63) is 59.9 Å². The Morgan fingerprint density at radius 3 is 2.65 bits per heavy atom. The molecule has 1 aromatic heterocycles. The molecule has 0 spiro atoms. The lowest BCUT2D eigenvalue weighted by molar-refractivity contribution is -0.127. The number of carbonyl (C=O) groups is 1. The van der Waals surface area contributed by atoms with E-state index in [2.05, 4.69) is 4.98 Å². The third kappa shape index (κ3) is 3.67. The fourth-order valence-electron chi connectivity index (χ4n) is 2.54. The summed E-state index contributed by atoms with van der Waals surface area (Å²) in [5, 5.41) is 0. The van der Waals surface area contributed by atoms with Gasteiger partial charge in [-0.25, -0.2) is 9.37 Å². The summed E-state index contributed by atoms with van der Waals surface area (Å²) >= 11 is 0. The predicted octanol–water partition coefficient (Wildman–Crippen LogP) is 3.15. The van der Waals surface area contributed by atoms with Gasteiger partial charge >= 0.3 is 0 Å². The van der Waals surface area contributed by atoms with E-state index in [1.54, 1.807) is 24.4 Å². The second-order valence-corrected chi connectivity index (χ2v) is 5.99. The van der Waals surface area contributed by atoms with E-state index in [1.807, 2.05) is 29.6 Å². The standard InChI is InChI=1S/C18H20FN3O/c1-13(14-3-5-15(19)6-4-14)11-18(23)22(16-7-8-16)12-17-20-9-10-21(17)2/h3-6,9-11,16H,7-8,12H2,1-2H3/b13-11+. The Morgan fingerprint density at radius 2 is 2.09 bits per heavy atom. The highest BCUT2D eigenvalue weighted by molar-refractivity contribution is 5.95. The molecule has 0 saturated heterocycles. The molecule has 4 nitrogen and oxygen atoms in total. The largest absolute Gasteiger partial charge is 0.337 e. The number of allylic oxidation sites excluding steroid dienone is 1. The fraction of sp³-hybridized carbons (Fsp3) is 0.333. The van der Waals surface area contributed by atoms with E-state index in [4.69, 9.17) is 0 Å². The van der Waals surface area contributed by atoms with E-state index in [1.165, 1.54) is 12.1 Å². The van der Waals surface area contributed by atoms with E-state index < -0.39 is 0 Å². The van der Waals surface area contributed by atoms with Gasteiger partial charge in [-0.05, 0) is 43.0 Å². The van der Waals surface area contributed by atoms with Gasteiger partial charge in [-0.3, -0.25) is 4.79 Å². The summed E-state index contributed by atoms with van der Waals surface area (Å²) in [5.74, 6) is 0.581. The molecule has 1 aliphatic carbocycles. The maximum absolute atomic E-state index is 13.0. The van der Waals surface area contributed by atoms with Crippen LogP contribution in [0.3, 0.4) is 0 Å². The number of amides is 1. The zero-order valence-corrected chi connectivity index (χ0v) is 13.4. The first-order valence-electron chi connectivity index (χ1n) is 7.75. The minimum Gasteiger partial charge on any atom is -0.337 e. The molecule has 1 aromatic carbocycles. The zero-order chi connectivity index (χ0) is 16.4. The first-order valence-corrected chi connectivity index (χ1v) is 7.75. The lowest BCUT2D eigenvalue weighted by Gasteiger charge is -2.21. The summed E-state index contributed by atoms with van der Waals surface area (Å²) in [5.41, 5.74) is 1.69. The summed E-state index contributed by atoms with van der Waals surface area (Å²) in [6, 6.07) is 6.49. The van der Waals surface area contributed by atoms with Crippen molar-refractivity contribution in [1.82, 2.24) is 14.5 Å². The topological polar surface area (TPSA) is 38.1 Å². The van der Waals surface area contributed by atoms with Gasteiger partial charge in [0, 0.05) is 31.6 Å². The second-order valence-electron chi connectivity index (χ2n) is 5.99. The monoisotopic (exact) mass is 313 g/mol. The third-order valence-electron chi connectivity index (χ3n) is 4.14. The SMILES string of the molecule is C/C(=C\C(=O)N(Cc1nccn1C)C1CC1)c1ccc(F)cc1.